The highest BCUT2D eigenvalue weighted by atomic mass is 16.6. The number of aliphatic hydroxyl groups is 1. The molecule has 0 aliphatic carbocycles. The van der Waals surface area contributed by atoms with Gasteiger partial charge >= 0.3 is 0 Å². The fraction of sp³-hybridized carbons (Fsp3) is 0.250. The minimum absolute atomic E-state index is 0.115. The van der Waals surface area contributed by atoms with Crippen molar-refractivity contribution in [3.8, 4) is 5.75 Å². The topological polar surface area (TPSA) is 38.7 Å². The van der Waals surface area contributed by atoms with Gasteiger partial charge in [0.2, 0.25) is 0 Å². The van der Waals surface area contributed by atoms with Crippen LogP contribution in [0.5, 0.6) is 5.75 Å². The van der Waals surface area contributed by atoms with E-state index in [1.54, 1.807) is 7.11 Å². The van der Waals surface area contributed by atoms with Crippen molar-refractivity contribution in [3.63, 3.8) is 0 Å². The largest absolute Gasteiger partial charge is 0.497 e. The number of ether oxygens (including phenoxy) is 2. The standard InChI is InChI=1S/C16H16O3/c1-18-13-8-6-11(7-9-13)15-10-12-4-2-3-5-14(12)16(17)19-15/h2-9,15-17H,10H2,1H3/t15-,16+/m1/s1. The molecule has 1 aliphatic rings. The fourth-order valence-electron chi connectivity index (χ4n) is 2.45. The van der Waals surface area contributed by atoms with Crippen molar-refractivity contribution in [1.29, 1.82) is 0 Å². The van der Waals surface area contributed by atoms with Crippen LogP contribution in [-0.4, -0.2) is 12.2 Å². The quantitative estimate of drug-likeness (QED) is 0.897. The molecular weight excluding hydrogens is 240 g/mol. The monoisotopic (exact) mass is 256 g/mol. The lowest BCUT2D eigenvalue weighted by Gasteiger charge is -2.29. The Balaban J connectivity index is 1.87. The molecule has 2 aromatic rings. The van der Waals surface area contributed by atoms with Gasteiger partial charge in [-0.25, -0.2) is 0 Å². The summed E-state index contributed by atoms with van der Waals surface area (Å²) in [7, 11) is 1.64. The summed E-state index contributed by atoms with van der Waals surface area (Å²) >= 11 is 0. The molecule has 0 fully saturated rings. The molecule has 19 heavy (non-hydrogen) atoms. The highest BCUT2D eigenvalue weighted by Gasteiger charge is 2.26. The number of aliphatic hydroxyl groups excluding tert-OH is 1. The van der Waals surface area contributed by atoms with Gasteiger partial charge in [-0.2, -0.15) is 0 Å². The first-order valence-electron chi connectivity index (χ1n) is 6.33. The Kier molecular flexibility index (Phi) is 3.23. The van der Waals surface area contributed by atoms with Crippen LogP contribution in [-0.2, 0) is 11.2 Å². The van der Waals surface area contributed by atoms with Gasteiger partial charge in [-0.05, 0) is 23.3 Å². The maximum Gasteiger partial charge on any atom is 0.182 e. The van der Waals surface area contributed by atoms with E-state index in [1.807, 2.05) is 48.5 Å². The molecule has 0 radical (unpaired) electrons. The summed E-state index contributed by atoms with van der Waals surface area (Å²) in [5.74, 6) is 0.820. The normalized spacial score (nSPS) is 21.8. The Morgan fingerprint density at radius 3 is 2.58 bits per heavy atom. The zero-order valence-corrected chi connectivity index (χ0v) is 10.7. The van der Waals surface area contributed by atoms with Crippen molar-refractivity contribution in [2.24, 2.45) is 0 Å². The van der Waals surface area contributed by atoms with E-state index in [2.05, 4.69) is 0 Å². The minimum atomic E-state index is -0.850. The van der Waals surface area contributed by atoms with Gasteiger partial charge < -0.3 is 14.6 Å². The van der Waals surface area contributed by atoms with Gasteiger partial charge in [-0.1, -0.05) is 36.4 Å². The van der Waals surface area contributed by atoms with Crippen LogP contribution in [0.2, 0.25) is 0 Å². The molecule has 1 aliphatic heterocycles. The minimum Gasteiger partial charge on any atom is -0.497 e. The van der Waals surface area contributed by atoms with E-state index in [-0.39, 0.29) is 6.10 Å². The molecule has 0 saturated carbocycles. The smallest absolute Gasteiger partial charge is 0.182 e. The second kappa shape index (κ2) is 5.03. The van der Waals surface area contributed by atoms with Gasteiger partial charge in [0.15, 0.2) is 6.29 Å². The van der Waals surface area contributed by atoms with Gasteiger partial charge in [0, 0.05) is 12.0 Å². The predicted octanol–water partition coefficient (Wildman–Crippen LogP) is 3.00. The van der Waals surface area contributed by atoms with Crippen LogP contribution in [0.3, 0.4) is 0 Å². The van der Waals surface area contributed by atoms with Gasteiger partial charge in [-0.15, -0.1) is 0 Å². The third-order valence-electron chi connectivity index (χ3n) is 3.51. The molecule has 3 rings (SSSR count). The van der Waals surface area contributed by atoms with Crippen LogP contribution in [0.25, 0.3) is 0 Å². The average Bonchev–Trinajstić information content (AvgIpc) is 2.47. The molecule has 0 aromatic heterocycles. The zero-order valence-electron chi connectivity index (χ0n) is 10.7. The third kappa shape index (κ3) is 2.35. The molecule has 2 aromatic carbocycles. The molecule has 1 heterocycles. The fourth-order valence-corrected chi connectivity index (χ4v) is 2.45. The van der Waals surface area contributed by atoms with E-state index in [4.69, 9.17) is 9.47 Å². The van der Waals surface area contributed by atoms with Crippen LogP contribution in [0.4, 0.5) is 0 Å². The van der Waals surface area contributed by atoms with E-state index in [0.717, 1.165) is 28.9 Å². The lowest BCUT2D eigenvalue weighted by atomic mass is 9.94. The second-order valence-corrected chi connectivity index (χ2v) is 4.65. The molecule has 3 nitrogen and oxygen atoms in total. The highest BCUT2D eigenvalue weighted by Crippen LogP contribution is 2.36. The summed E-state index contributed by atoms with van der Waals surface area (Å²) in [5, 5.41) is 10.0. The van der Waals surface area contributed by atoms with E-state index in [1.165, 1.54) is 0 Å². The number of rotatable bonds is 2. The van der Waals surface area contributed by atoms with Crippen LogP contribution < -0.4 is 4.74 Å². The van der Waals surface area contributed by atoms with Gasteiger partial charge in [0.05, 0.1) is 13.2 Å². The third-order valence-corrected chi connectivity index (χ3v) is 3.51. The average molecular weight is 256 g/mol. The maximum atomic E-state index is 10.0. The molecule has 0 bridgehead atoms. The van der Waals surface area contributed by atoms with E-state index < -0.39 is 6.29 Å². The Hall–Kier alpha value is -1.84. The lowest BCUT2D eigenvalue weighted by Crippen LogP contribution is -2.20. The molecule has 0 saturated heterocycles. The Morgan fingerprint density at radius 2 is 1.84 bits per heavy atom. The first-order valence-corrected chi connectivity index (χ1v) is 6.33. The number of hydrogen-bond donors (Lipinski definition) is 1. The van der Waals surface area contributed by atoms with E-state index in [0.29, 0.717) is 0 Å². The summed E-state index contributed by atoms with van der Waals surface area (Å²) in [6, 6.07) is 15.6. The van der Waals surface area contributed by atoms with Crippen LogP contribution in [0.15, 0.2) is 48.5 Å². The van der Waals surface area contributed by atoms with Crippen molar-refractivity contribution in [3.05, 3.63) is 65.2 Å². The van der Waals surface area contributed by atoms with Crippen LogP contribution in [0.1, 0.15) is 29.1 Å². The van der Waals surface area contributed by atoms with E-state index >= 15 is 0 Å². The Bertz CT molecular complexity index is 562. The first kappa shape index (κ1) is 12.2. The number of hydrogen-bond acceptors (Lipinski definition) is 3. The van der Waals surface area contributed by atoms with Crippen LogP contribution in [0, 0.1) is 0 Å². The zero-order chi connectivity index (χ0) is 13.2. The van der Waals surface area contributed by atoms with Crippen molar-refractivity contribution >= 4 is 0 Å². The second-order valence-electron chi connectivity index (χ2n) is 4.65. The summed E-state index contributed by atoms with van der Waals surface area (Å²) in [5.41, 5.74) is 3.06. The van der Waals surface area contributed by atoms with Gasteiger partial charge in [0.1, 0.15) is 5.75 Å². The van der Waals surface area contributed by atoms with Crippen molar-refractivity contribution in [1.82, 2.24) is 0 Å². The molecule has 3 heteroatoms. The van der Waals surface area contributed by atoms with Gasteiger partial charge in [-0.3, -0.25) is 0 Å². The summed E-state index contributed by atoms with van der Waals surface area (Å²) < 4.78 is 10.8. The molecule has 0 spiro atoms. The van der Waals surface area contributed by atoms with E-state index in [9.17, 15) is 5.11 Å². The summed E-state index contributed by atoms with van der Waals surface area (Å²) in [6.07, 6.45) is -0.188. The Labute approximate surface area is 112 Å². The molecule has 98 valence electrons. The number of fused-ring (bicyclic) bond motifs is 1. The molecule has 1 N–H and O–H groups in total. The molecule has 2 atom stereocenters. The van der Waals surface area contributed by atoms with Gasteiger partial charge in [0.25, 0.3) is 0 Å². The van der Waals surface area contributed by atoms with Crippen molar-refractivity contribution < 1.29 is 14.6 Å². The lowest BCUT2D eigenvalue weighted by molar-refractivity contribution is -0.151. The predicted molar refractivity (Wildman–Crippen MR) is 71.9 cm³/mol. The first-order chi connectivity index (χ1) is 9.28. The maximum absolute atomic E-state index is 10.0. The highest BCUT2D eigenvalue weighted by molar-refractivity contribution is 5.34. The summed E-state index contributed by atoms with van der Waals surface area (Å²) in [6.45, 7) is 0. The number of methoxy groups -OCH3 is 1. The molecule has 0 amide bonds. The van der Waals surface area contributed by atoms with Crippen LogP contribution >= 0.6 is 0 Å². The van der Waals surface area contributed by atoms with Crippen molar-refractivity contribution in [2.45, 2.75) is 18.8 Å². The summed E-state index contributed by atoms with van der Waals surface area (Å²) in [4.78, 5) is 0. The molecular formula is C16H16O3. The SMILES string of the molecule is COc1ccc([C@H]2Cc3ccccc3[C@@H](O)O2)cc1. The number of benzene rings is 2. The van der Waals surface area contributed by atoms with Crippen molar-refractivity contribution in [2.75, 3.05) is 7.11 Å². The Morgan fingerprint density at radius 1 is 1.11 bits per heavy atom. The molecule has 0 unspecified atom stereocenters.